The molecule has 9 heteroatoms. The summed E-state index contributed by atoms with van der Waals surface area (Å²) in [6.45, 7) is 10.1. The van der Waals surface area contributed by atoms with E-state index in [1.807, 2.05) is 4.90 Å². The molecule has 2 fully saturated rings. The van der Waals surface area contributed by atoms with E-state index in [1.165, 1.54) is 17.4 Å². The summed E-state index contributed by atoms with van der Waals surface area (Å²) in [7, 11) is 0. The minimum atomic E-state index is -0.473. The van der Waals surface area contributed by atoms with Crippen molar-refractivity contribution < 1.29 is 14.4 Å². The van der Waals surface area contributed by atoms with Crippen molar-refractivity contribution in [1.29, 1.82) is 0 Å². The number of hydrogen-bond acceptors (Lipinski definition) is 5. The molecule has 1 aliphatic carbocycles. The Hall–Kier alpha value is -2.45. The third kappa shape index (κ3) is 4.51. The first-order chi connectivity index (χ1) is 15.5. The van der Waals surface area contributed by atoms with Gasteiger partial charge in [-0.05, 0) is 41.9 Å². The number of piperidine rings is 1. The molecule has 1 aromatic heterocycles. The minimum Gasteiger partial charge on any atom is -0.342 e. The Labute approximate surface area is 202 Å². The standard InChI is InChI=1S/C24H29ClN4O3S/c1-23(2)18(24(23,3)4)22(32)29-10-8-14(9-11-29)21-26-17(13-33-21)20(31)28-27-19(30)15-6-5-7-16(25)12-15/h5-7,12-14,18H,8-11H2,1-4H3,(H,27,30)(H,28,31). The lowest BCUT2D eigenvalue weighted by Gasteiger charge is -2.31. The molecule has 7 nitrogen and oxygen atoms in total. The predicted octanol–water partition coefficient (Wildman–Crippen LogP) is 4.26. The molecule has 2 aliphatic rings. The van der Waals surface area contributed by atoms with Crippen LogP contribution >= 0.6 is 22.9 Å². The van der Waals surface area contributed by atoms with Gasteiger partial charge in [-0.1, -0.05) is 45.4 Å². The average molecular weight is 489 g/mol. The maximum atomic E-state index is 13.0. The number of nitrogens with zero attached hydrogens (tertiary/aromatic N) is 2. The van der Waals surface area contributed by atoms with Crippen LogP contribution in [-0.2, 0) is 4.79 Å². The summed E-state index contributed by atoms with van der Waals surface area (Å²) in [5.74, 6) is -0.363. The highest BCUT2D eigenvalue weighted by molar-refractivity contribution is 7.09. The SMILES string of the molecule is CC1(C)C(C(=O)N2CCC(c3nc(C(=O)NNC(=O)c4cccc(Cl)c4)cs3)CC2)C1(C)C. The molecule has 0 spiro atoms. The van der Waals surface area contributed by atoms with Gasteiger partial charge >= 0.3 is 0 Å². The molecule has 0 atom stereocenters. The molecule has 1 aromatic carbocycles. The molecule has 176 valence electrons. The van der Waals surface area contributed by atoms with Crippen molar-refractivity contribution in [3.05, 3.63) is 50.9 Å². The summed E-state index contributed by atoms with van der Waals surface area (Å²) in [4.78, 5) is 44.1. The summed E-state index contributed by atoms with van der Waals surface area (Å²) in [5.41, 5.74) is 5.48. The van der Waals surface area contributed by atoms with Crippen LogP contribution in [0.15, 0.2) is 29.6 Å². The van der Waals surface area contributed by atoms with Crippen molar-refractivity contribution in [1.82, 2.24) is 20.7 Å². The summed E-state index contributed by atoms with van der Waals surface area (Å²) >= 11 is 7.34. The molecule has 0 radical (unpaired) electrons. The molecule has 2 heterocycles. The summed E-state index contributed by atoms with van der Waals surface area (Å²) < 4.78 is 0. The van der Waals surface area contributed by atoms with Crippen LogP contribution in [0.3, 0.4) is 0 Å². The van der Waals surface area contributed by atoms with E-state index in [9.17, 15) is 14.4 Å². The number of rotatable bonds is 4. The van der Waals surface area contributed by atoms with Gasteiger partial charge in [-0.3, -0.25) is 25.2 Å². The molecule has 0 bridgehead atoms. The first-order valence-electron chi connectivity index (χ1n) is 11.1. The second kappa shape index (κ2) is 8.72. The van der Waals surface area contributed by atoms with Crippen LogP contribution in [0, 0.1) is 16.7 Å². The van der Waals surface area contributed by atoms with Gasteiger partial charge in [0.1, 0.15) is 5.69 Å². The number of nitrogens with one attached hydrogen (secondary N) is 2. The van der Waals surface area contributed by atoms with E-state index in [0.717, 1.165) is 17.8 Å². The fourth-order valence-electron chi connectivity index (χ4n) is 4.80. The molecular formula is C24H29ClN4O3S. The van der Waals surface area contributed by atoms with Gasteiger partial charge in [0.15, 0.2) is 0 Å². The number of amides is 3. The Kier molecular flexibility index (Phi) is 6.26. The Morgan fingerprint density at radius 3 is 2.30 bits per heavy atom. The van der Waals surface area contributed by atoms with E-state index in [0.29, 0.717) is 23.7 Å². The van der Waals surface area contributed by atoms with Gasteiger partial charge in [-0.15, -0.1) is 11.3 Å². The topological polar surface area (TPSA) is 91.4 Å². The summed E-state index contributed by atoms with van der Waals surface area (Å²) in [5, 5.41) is 3.03. The Morgan fingerprint density at radius 2 is 1.70 bits per heavy atom. The Morgan fingerprint density at radius 1 is 1.06 bits per heavy atom. The monoisotopic (exact) mass is 488 g/mol. The molecule has 33 heavy (non-hydrogen) atoms. The zero-order valence-electron chi connectivity index (χ0n) is 19.3. The van der Waals surface area contributed by atoms with Gasteiger partial charge in [0.2, 0.25) is 5.91 Å². The maximum absolute atomic E-state index is 13.0. The molecule has 2 N–H and O–H groups in total. The number of halogens is 1. The second-order valence-electron chi connectivity index (χ2n) is 9.97. The first kappa shape index (κ1) is 23.7. The molecule has 1 saturated heterocycles. The van der Waals surface area contributed by atoms with Gasteiger partial charge in [0.25, 0.3) is 11.8 Å². The number of thiazole rings is 1. The third-order valence-corrected chi connectivity index (χ3v) is 8.80. The number of carbonyl (C=O) groups excluding carboxylic acids is 3. The number of hydrazine groups is 1. The minimum absolute atomic E-state index is 0.0424. The Balaban J connectivity index is 1.29. The van der Waals surface area contributed by atoms with Crippen LogP contribution in [-0.4, -0.2) is 40.7 Å². The van der Waals surface area contributed by atoms with Crippen molar-refractivity contribution >= 4 is 40.7 Å². The van der Waals surface area contributed by atoms with Crippen molar-refractivity contribution in [2.75, 3.05) is 13.1 Å². The first-order valence-corrected chi connectivity index (χ1v) is 12.4. The van der Waals surface area contributed by atoms with E-state index in [-0.39, 0.29) is 34.3 Å². The molecule has 1 aliphatic heterocycles. The van der Waals surface area contributed by atoms with Crippen LogP contribution in [0.4, 0.5) is 0 Å². The summed E-state index contributed by atoms with van der Waals surface area (Å²) in [6.07, 6.45) is 1.67. The molecule has 3 amide bonds. The number of aromatic nitrogens is 1. The van der Waals surface area contributed by atoms with Crippen molar-refractivity contribution in [3.63, 3.8) is 0 Å². The zero-order valence-corrected chi connectivity index (χ0v) is 20.8. The van der Waals surface area contributed by atoms with E-state index >= 15 is 0 Å². The highest BCUT2D eigenvalue weighted by Crippen LogP contribution is 2.68. The van der Waals surface area contributed by atoms with E-state index in [4.69, 9.17) is 11.6 Å². The van der Waals surface area contributed by atoms with Gasteiger partial charge in [0, 0.05) is 40.9 Å². The lowest BCUT2D eigenvalue weighted by atomic mass is 9.96. The lowest BCUT2D eigenvalue weighted by Crippen LogP contribution is -2.41. The van der Waals surface area contributed by atoms with Crippen LogP contribution in [0.1, 0.15) is 72.3 Å². The van der Waals surface area contributed by atoms with Crippen LogP contribution < -0.4 is 10.9 Å². The van der Waals surface area contributed by atoms with E-state index in [1.54, 1.807) is 23.6 Å². The molecule has 1 saturated carbocycles. The smallest absolute Gasteiger partial charge is 0.289 e. The molecule has 4 rings (SSSR count). The second-order valence-corrected chi connectivity index (χ2v) is 11.3. The van der Waals surface area contributed by atoms with Crippen molar-refractivity contribution in [2.24, 2.45) is 16.7 Å². The fourth-order valence-corrected chi connectivity index (χ4v) is 5.96. The van der Waals surface area contributed by atoms with E-state index in [2.05, 4.69) is 43.5 Å². The zero-order chi connectivity index (χ0) is 24.0. The lowest BCUT2D eigenvalue weighted by molar-refractivity contribution is -0.134. The number of benzene rings is 1. The van der Waals surface area contributed by atoms with Gasteiger partial charge < -0.3 is 4.90 Å². The predicted molar refractivity (Wildman–Crippen MR) is 128 cm³/mol. The Bertz CT molecular complexity index is 1070. The van der Waals surface area contributed by atoms with Crippen LogP contribution in [0.25, 0.3) is 0 Å². The molecule has 2 aromatic rings. The molecule has 0 unspecified atom stereocenters. The number of hydrogen-bond donors (Lipinski definition) is 2. The number of carbonyl (C=O) groups is 3. The van der Waals surface area contributed by atoms with Gasteiger partial charge in [0.05, 0.1) is 5.01 Å². The van der Waals surface area contributed by atoms with Gasteiger partial charge in [-0.2, -0.15) is 0 Å². The van der Waals surface area contributed by atoms with Gasteiger partial charge in [-0.25, -0.2) is 4.98 Å². The van der Waals surface area contributed by atoms with E-state index < -0.39 is 11.8 Å². The van der Waals surface area contributed by atoms with Crippen molar-refractivity contribution in [3.8, 4) is 0 Å². The van der Waals surface area contributed by atoms with Crippen molar-refractivity contribution in [2.45, 2.75) is 46.5 Å². The average Bonchev–Trinajstić information content (AvgIpc) is 3.11. The maximum Gasteiger partial charge on any atom is 0.289 e. The third-order valence-electron chi connectivity index (χ3n) is 7.55. The highest BCUT2D eigenvalue weighted by Gasteiger charge is 2.68. The largest absolute Gasteiger partial charge is 0.342 e. The molecular weight excluding hydrogens is 460 g/mol. The fraction of sp³-hybridized carbons (Fsp3) is 0.500. The summed E-state index contributed by atoms with van der Waals surface area (Å²) in [6, 6.07) is 6.46. The number of likely N-dealkylation sites (tertiary alicyclic amines) is 1. The van der Waals surface area contributed by atoms with Crippen LogP contribution in [0.2, 0.25) is 5.02 Å². The van der Waals surface area contributed by atoms with Crippen LogP contribution in [0.5, 0.6) is 0 Å². The normalized spacial score (nSPS) is 19.7. The highest BCUT2D eigenvalue weighted by atomic mass is 35.5. The quantitative estimate of drug-likeness (QED) is 0.629.